The molecule has 117 heavy (non-hydrogen) atoms. The second-order valence-electron chi connectivity index (χ2n) is 23.1. The summed E-state index contributed by atoms with van der Waals surface area (Å²) in [7, 11) is 2.73. The van der Waals surface area contributed by atoms with Crippen LogP contribution in [-0.2, 0) is 29.1 Å². The van der Waals surface area contributed by atoms with Crippen LogP contribution in [0.4, 0.5) is 52.4 Å². The maximum absolute atomic E-state index is 11.7. The number of carbonyl (C=O) groups excluding carboxylic acids is 3. The van der Waals surface area contributed by atoms with Gasteiger partial charge in [-0.25, -0.2) is 64.9 Å². The number of nitrogens with two attached hydrogens (primary N) is 1. The number of amides is 1. The fourth-order valence-electron chi connectivity index (χ4n) is 10.0. The standard InChI is InChI=1S/C23H19N5O2.C22H18N6O2.C18H15BrN4O2.C9H7BrN4.C5H3Br2N.C4H5N3.CH4.2U/c1-30-23(29)19-4-2-17(3-5-19)16-28(22-15-25-12-13-27-22)21-14-20(8-11-26-21)18-6-9-24-10-7-18;29-22(27-30)18-3-1-16(2-4-18)15-28(21-14-24-11-12-26-21)20-13-19(7-10-25-20)17-5-8-23-9-6-17;1-25-18(24)14-4-2-13(3-5-14)12-23(17-11-20-8-9-22-17)16-10-15(19)6-7-21-16;10-7-1-2-12-8(5-7)14-9-6-11-3-4-13-9;6-4-1-2-8-5(7)3-4;5-4-3-6-1-2-7-4;;;/h2-15H,16H2,1H3;1-14,30H,15H2,(H,27,29);2-11H,12H2,1H3;1-6H,(H,12,13,14);1-3H;1-3H,(H2,5,7);1H4;;. The maximum atomic E-state index is 11.7. The van der Waals surface area contributed by atoms with Crippen LogP contribution in [0.3, 0.4) is 0 Å². The van der Waals surface area contributed by atoms with Gasteiger partial charge in [-0.05, 0) is 176 Å². The predicted molar refractivity (Wildman–Crippen MR) is 452 cm³/mol. The molecule has 15 aromatic rings. The van der Waals surface area contributed by atoms with E-state index in [0.29, 0.717) is 71.2 Å². The van der Waals surface area contributed by atoms with Gasteiger partial charge in [0.15, 0.2) is 17.5 Å². The second kappa shape index (κ2) is 50.1. The smallest absolute Gasteiger partial charge is 0.337 e. The summed E-state index contributed by atoms with van der Waals surface area (Å²) in [6.45, 7) is 1.50. The molecular weight excluding hydrogens is 2200 g/mol. The molecule has 12 heterocycles. The Bertz CT molecular complexity index is 5260. The number of esters is 2. The quantitative estimate of drug-likeness (QED) is 0.0253. The van der Waals surface area contributed by atoms with Crippen LogP contribution in [0.5, 0.6) is 0 Å². The molecular formula is C82H71Br4N23O6U2. The first-order valence-electron chi connectivity index (χ1n) is 33.9. The average Bonchev–Trinajstić information content (AvgIpc) is 0.824. The molecule has 0 unspecified atom stereocenters. The first-order valence-corrected chi connectivity index (χ1v) is 37.1. The molecule has 5 N–H and O–H groups in total. The Morgan fingerprint density at radius 1 is 0.350 bits per heavy atom. The Balaban J connectivity index is 0.000000205. The van der Waals surface area contributed by atoms with Crippen LogP contribution in [-0.4, -0.2) is 122 Å². The fourth-order valence-corrected chi connectivity index (χ4v) is 11.7. The molecule has 12 aromatic heterocycles. The minimum Gasteiger partial charge on any atom is -0.465 e. The van der Waals surface area contributed by atoms with Crippen LogP contribution in [0.15, 0.2) is 324 Å². The van der Waals surface area contributed by atoms with Crippen molar-refractivity contribution in [2.24, 2.45) is 0 Å². The monoisotopic (exact) mass is 2270 g/mol. The van der Waals surface area contributed by atoms with Gasteiger partial charge in [-0.2, -0.15) is 0 Å². The molecule has 0 aliphatic rings. The van der Waals surface area contributed by atoms with Gasteiger partial charge in [0.25, 0.3) is 5.91 Å². The summed E-state index contributed by atoms with van der Waals surface area (Å²) in [6.07, 6.45) is 40.1. The number of anilines is 9. The Kier molecular flexibility index (Phi) is 39.7. The molecule has 0 atom stereocenters. The molecule has 3 aromatic carbocycles. The van der Waals surface area contributed by atoms with E-state index in [9.17, 15) is 14.4 Å². The van der Waals surface area contributed by atoms with E-state index in [2.05, 4.69) is 154 Å². The van der Waals surface area contributed by atoms with Crippen LogP contribution in [0.25, 0.3) is 22.3 Å². The SMILES string of the molecule is Brc1ccnc(Br)c1.Brc1ccnc(Nc2cnccn2)c1.C.COC(=O)c1ccc(CN(c2cnccn2)c2cc(-c3ccncc3)ccn2)cc1.COC(=O)c1ccc(CN(c2cnccn2)c2cc(Br)ccn2)cc1.Nc1cnccn1.O=C(NO)c1ccc(CN(c2cnccn2)c2cc(-c3ccncc3)ccn2)cc1.[U].[U]. The van der Waals surface area contributed by atoms with Gasteiger partial charge in [0.1, 0.15) is 39.5 Å². The van der Waals surface area contributed by atoms with Crippen molar-refractivity contribution in [3.05, 3.63) is 358 Å². The van der Waals surface area contributed by atoms with E-state index < -0.39 is 5.91 Å². The number of nitrogens with zero attached hydrogens (tertiary/aromatic N) is 20. The van der Waals surface area contributed by atoms with Gasteiger partial charge in [-0.3, -0.25) is 44.9 Å². The van der Waals surface area contributed by atoms with Crippen molar-refractivity contribution in [3.63, 3.8) is 0 Å². The Labute approximate surface area is 755 Å². The van der Waals surface area contributed by atoms with E-state index in [1.54, 1.807) is 184 Å². The van der Waals surface area contributed by atoms with Crippen LogP contribution >= 0.6 is 63.7 Å². The summed E-state index contributed by atoms with van der Waals surface area (Å²) in [4.78, 5) is 112. The molecule has 35 heteroatoms. The number of benzene rings is 3. The largest absolute Gasteiger partial charge is 0.465 e. The molecule has 586 valence electrons. The summed E-state index contributed by atoms with van der Waals surface area (Å²) in [6, 6.07) is 48.4. The molecule has 0 saturated carbocycles. The van der Waals surface area contributed by atoms with Gasteiger partial charge < -0.3 is 35.2 Å². The third-order valence-electron chi connectivity index (χ3n) is 15.4. The van der Waals surface area contributed by atoms with Gasteiger partial charge in [0.05, 0.1) is 76.0 Å². The minimum atomic E-state index is -0.556. The number of aromatic nitrogens is 17. The van der Waals surface area contributed by atoms with Crippen molar-refractivity contribution >= 4 is 134 Å². The van der Waals surface area contributed by atoms with Crippen molar-refractivity contribution in [2.75, 3.05) is 40.0 Å². The molecule has 0 spiro atoms. The molecule has 1 amide bonds. The number of hydroxylamine groups is 1. The predicted octanol–water partition coefficient (Wildman–Crippen LogP) is 16.9. The number of hydrogen-bond acceptors (Lipinski definition) is 28. The molecule has 0 aliphatic heterocycles. The fraction of sp³-hybridized carbons (Fsp3) is 0.0732. The number of hydrogen-bond donors (Lipinski definition) is 4. The third kappa shape index (κ3) is 30.3. The molecule has 0 aliphatic carbocycles. The van der Waals surface area contributed by atoms with Crippen LogP contribution in [0, 0.1) is 62.2 Å². The zero-order valence-electron chi connectivity index (χ0n) is 61.5. The van der Waals surface area contributed by atoms with Gasteiger partial charge in [-0.1, -0.05) is 91.6 Å². The summed E-state index contributed by atoms with van der Waals surface area (Å²) >= 11 is 13.3. The zero-order valence-corrected chi connectivity index (χ0v) is 76.2. The maximum Gasteiger partial charge on any atom is 0.337 e. The molecule has 15 rings (SSSR count). The molecule has 29 nitrogen and oxygen atoms in total. The van der Waals surface area contributed by atoms with E-state index in [0.717, 1.165) is 74.4 Å². The second-order valence-corrected chi connectivity index (χ2v) is 26.6. The topological polar surface area (TPSA) is 369 Å². The summed E-state index contributed by atoms with van der Waals surface area (Å²) in [5.41, 5.74) is 15.2. The van der Waals surface area contributed by atoms with Crippen LogP contribution in [0.2, 0.25) is 0 Å². The molecule has 0 bridgehead atoms. The van der Waals surface area contributed by atoms with Gasteiger partial charge in [0.2, 0.25) is 0 Å². The number of methoxy groups -OCH3 is 2. The number of nitrogen functional groups attached to an aromatic ring is 1. The average molecular weight is 2270 g/mol. The first kappa shape index (κ1) is 92.7. The van der Waals surface area contributed by atoms with E-state index >= 15 is 0 Å². The normalized spacial score (nSPS) is 9.87. The number of pyridine rings is 7. The number of carbonyl (C=O) groups is 3. The van der Waals surface area contributed by atoms with Crippen molar-refractivity contribution in [3.8, 4) is 22.3 Å². The van der Waals surface area contributed by atoms with Gasteiger partial charge in [0, 0.05) is 199 Å². The first-order chi connectivity index (χ1) is 55.7. The van der Waals surface area contributed by atoms with Crippen molar-refractivity contribution in [1.82, 2.24) is 90.2 Å². The van der Waals surface area contributed by atoms with Crippen molar-refractivity contribution in [1.29, 1.82) is 0 Å². The Hall–Kier alpha value is -11.5. The molecule has 0 saturated heterocycles. The number of halogens is 4. The van der Waals surface area contributed by atoms with E-state index in [1.807, 2.05) is 136 Å². The molecule has 0 fully saturated rings. The number of rotatable bonds is 19. The summed E-state index contributed by atoms with van der Waals surface area (Å²) < 4.78 is 13.3. The van der Waals surface area contributed by atoms with E-state index in [4.69, 9.17) is 20.4 Å². The zero-order chi connectivity index (χ0) is 80.1. The Morgan fingerprint density at radius 2 is 0.692 bits per heavy atom. The summed E-state index contributed by atoms with van der Waals surface area (Å²) in [5, 5.41) is 11.8. The van der Waals surface area contributed by atoms with Gasteiger partial charge >= 0.3 is 11.9 Å². The summed E-state index contributed by atoms with van der Waals surface area (Å²) in [5.74, 6) is 4.80. The van der Waals surface area contributed by atoms with E-state index in [1.165, 1.54) is 20.4 Å². The minimum absolute atomic E-state index is 0. The van der Waals surface area contributed by atoms with Gasteiger partial charge in [-0.15, -0.1) is 0 Å². The van der Waals surface area contributed by atoms with Crippen LogP contribution in [0.1, 0.15) is 55.2 Å². The number of ether oxygens (including phenoxy) is 2. The van der Waals surface area contributed by atoms with Crippen molar-refractivity contribution in [2.45, 2.75) is 27.1 Å². The molecule has 0 radical (unpaired) electrons. The number of nitrogens with one attached hydrogen (secondary N) is 2. The Morgan fingerprint density at radius 3 is 1.03 bits per heavy atom. The van der Waals surface area contributed by atoms with Crippen LogP contribution < -0.4 is 31.2 Å². The van der Waals surface area contributed by atoms with E-state index in [-0.39, 0.29) is 81.6 Å². The van der Waals surface area contributed by atoms with Crippen molar-refractivity contribution < 1.29 is 91.3 Å². The third-order valence-corrected chi connectivity index (χ3v) is 17.4.